The van der Waals surface area contributed by atoms with Gasteiger partial charge in [-0.2, -0.15) is 0 Å². The molecule has 10 nitrogen and oxygen atoms in total. The van der Waals surface area contributed by atoms with Crippen LogP contribution in [0, 0.1) is 23.2 Å². The Labute approximate surface area is 185 Å². The molecule has 0 aromatic rings. The number of carbonyl (C=O) groups is 2. The van der Waals surface area contributed by atoms with Gasteiger partial charge in [-0.25, -0.2) is 0 Å². The summed E-state index contributed by atoms with van der Waals surface area (Å²) in [4.78, 5) is 27.2. The fraction of sp³-hybridized carbons (Fsp3) is 0.727. The van der Waals surface area contributed by atoms with Crippen molar-refractivity contribution in [2.75, 3.05) is 54.9 Å². The second-order valence-electron chi connectivity index (χ2n) is 8.46. The molecule has 1 saturated carbocycles. The van der Waals surface area contributed by atoms with Gasteiger partial charge in [0.2, 0.25) is 17.4 Å². The van der Waals surface area contributed by atoms with Gasteiger partial charge >= 0.3 is 0 Å². The summed E-state index contributed by atoms with van der Waals surface area (Å²) in [6.45, 7) is 1.54. The van der Waals surface area contributed by atoms with Crippen molar-refractivity contribution in [1.82, 2.24) is 0 Å². The average molecular weight is 452 g/mol. The minimum atomic E-state index is -1.74. The molecule has 176 valence electrons. The number of rotatable bonds is 6. The lowest BCUT2D eigenvalue weighted by molar-refractivity contribution is -0.333. The SMILES string of the molecule is COC1(OC)C(=O)[C@H]2C=C(C3OCCO3)[C@@H]1[C@@H]1C(OC)(OC)C(=O)C=C[C@@]21C1OCCO1. The predicted molar refractivity (Wildman–Crippen MR) is 105 cm³/mol. The van der Waals surface area contributed by atoms with Gasteiger partial charge in [-0.15, -0.1) is 0 Å². The van der Waals surface area contributed by atoms with E-state index in [1.807, 2.05) is 6.08 Å². The topological polar surface area (TPSA) is 108 Å². The average Bonchev–Trinajstić information content (AvgIpc) is 3.55. The van der Waals surface area contributed by atoms with E-state index in [0.717, 1.165) is 0 Å². The monoisotopic (exact) mass is 452 g/mol. The third-order valence-electron chi connectivity index (χ3n) is 7.58. The highest BCUT2D eigenvalue weighted by molar-refractivity contribution is 6.01. The molecule has 0 aromatic carbocycles. The Kier molecular flexibility index (Phi) is 5.42. The van der Waals surface area contributed by atoms with E-state index in [-0.39, 0.29) is 5.78 Å². The van der Waals surface area contributed by atoms with E-state index >= 15 is 0 Å². The van der Waals surface area contributed by atoms with Crippen LogP contribution in [-0.4, -0.2) is 90.6 Å². The zero-order chi connectivity index (χ0) is 22.7. The van der Waals surface area contributed by atoms with Crippen molar-refractivity contribution in [3.8, 4) is 0 Å². The van der Waals surface area contributed by atoms with Gasteiger partial charge < -0.3 is 37.9 Å². The summed E-state index contributed by atoms with van der Waals surface area (Å²) in [7, 11) is 5.61. The molecule has 3 fully saturated rings. The van der Waals surface area contributed by atoms with Crippen LogP contribution in [0.1, 0.15) is 0 Å². The standard InChI is InChI=1S/C22H28O10/c1-25-21(26-2)14(23)5-6-20(19-31-9-10-32-19)13-11-12(18-29-7-8-30-18)15(16(20)21)22(27-3,28-4)17(13)24/h5-6,11,13,15-16,18-19H,7-10H2,1-4H3/t13-,15-,16+,20-/m1/s1. The van der Waals surface area contributed by atoms with Crippen LogP contribution in [0.4, 0.5) is 0 Å². The number of ether oxygens (including phenoxy) is 8. The molecule has 4 atom stereocenters. The molecule has 2 heterocycles. The molecular weight excluding hydrogens is 424 g/mol. The first-order valence-electron chi connectivity index (χ1n) is 10.6. The van der Waals surface area contributed by atoms with Crippen LogP contribution >= 0.6 is 0 Å². The molecule has 0 N–H and O–H groups in total. The predicted octanol–water partition coefficient (Wildman–Crippen LogP) is 0.207. The Balaban J connectivity index is 1.81. The normalized spacial score (nSPS) is 38.4. The quantitative estimate of drug-likeness (QED) is 0.410. The van der Waals surface area contributed by atoms with Gasteiger partial charge in [-0.3, -0.25) is 9.59 Å². The second-order valence-corrected chi connectivity index (χ2v) is 8.46. The molecule has 2 bridgehead atoms. The van der Waals surface area contributed by atoms with Crippen molar-refractivity contribution in [3.63, 3.8) is 0 Å². The van der Waals surface area contributed by atoms with Gasteiger partial charge in [0.05, 0.1) is 43.7 Å². The van der Waals surface area contributed by atoms with E-state index in [4.69, 9.17) is 37.9 Å². The second kappa shape index (κ2) is 7.78. The minimum absolute atomic E-state index is 0.301. The first-order valence-corrected chi connectivity index (χ1v) is 10.6. The maximum absolute atomic E-state index is 13.9. The number of Topliss-reactive ketones (excluding diaryl/α,β-unsaturated/α-hetero) is 1. The van der Waals surface area contributed by atoms with Crippen LogP contribution in [-0.2, 0) is 47.5 Å². The summed E-state index contributed by atoms with van der Waals surface area (Å²) in [5.74, 6) is -6.63. The number of carbonyl (C=O) groups excluding carboxylic acids is 2. The number of hydrogen-bond acceptors (Lipinski definition) is 10. The maximum atomic E-state index is 13.9. The number of methoxy groups -OCH3 is 4. The van der Waals surface area contributed by atoms with E-state index in [1.165, 1.54) is 34.5 Å². The summed E-state index contributed by atoms with van der Waals surface area (Å²) < 4.78 is 46.7. The molecule has 0 aromatic heterocycles. The zero-order valence-electron chi connectivity index (χ0n) is 18.5. The Morgan fingerprint density at radius 3 is 1.97 bits per heavy atom. The minimum Gasteiger partial charge on any atom is -0.349 e. The highest BCUT2D eigenvalue weighted by Gasteiger charge is 2.78. The first-order chi connectivity index (χ1) is 15.5. The van der Waals surface area contributed by atoms with E-state index in [2.05, 4.69) is 0 Å². The third-order valence-corrected chi connectivity index (χ3v) is 7.58. The molecule has 0 radical (unpaired) electrons. The number of ketones is 2. The molecule has 0 unspecified atom stereocenters. The van der Waals surface area contributed by atoms with Gasteiger partial charge in [0, 0.05) is 34.4 Å². The molecule has 4 aliphatic carbocycles. The van der Waals surface area contributed by atoms with E-state index in [9.17, 15) is 9.59 Å². The molecule has 2 saturated heterocycles. The van der Waals surface area contributed by atoms with Crippen LogP contribution in [0.3, 0.4) is 0 Å². The third kappa shape index (κ3) is 2.52. The summed E-state index contributed by atoms with van der Waals surface area (Å²) in [5.41, 5.74) is -0.447. The largest absolute Gasteiger partial charge is 0.349 e. The van der Waals surface area contributed by atoms with Crippen molar-refractivity contribution >= 4 is 11.6 Å². The van der Waals surface area contributed by atoms with Crippen molar-refractivity contribution in [2.45, 2.75) is 24.2 Å². The number of hydrogen-bond donors (Lipinski definition) is 0. The number of allylic oxidation sites excluding steroid dienone is 1. The molecule has 6 rings (SSSR count). The van der Waals surface area contributed by atoms with Crippen molar-refractivity contribution in [2.24, 2.45) is 23.2 Å². The highest BCUT2D eigenvalue weighted by Crippen LogP contribution is 2.67. The van der Waals surface area contributed by atoms with Crippen molar-refractivity contribution in [3.05, 3.63) is 23.8 Å². The van der Waals surface area contributed by atoms with E-state index in [1.54, 1.807) is 6.08 Å². The molecular formula is C22H28O10. The van der Waals surface area contributed by atoms with Gasteiger partial charge in [-0.05, 0) is 11.6 Å². The lowest BCUT2D eigenvalue weighted by Crippen LogP contribution is -2.77. The zero-order valence-corrected chi connectivity index (χ0v) is 18.5. The molecule has 10 heteroatoms. The van der Waals surface area contributed by atoms with Crippen LogP contribution in [0.15, 0.2) is 23.8 Å². The molecule has 2 aliphatic heterocycles. The molecule has 0 amide bonds. The Hall–Kier alpha value is -1.50. The van der Waals surface area contributed by atoms with Crippen LogP contribution in [0.5, 0.6) is 0 Å². The van der Waals surface area contributed by atoms with Crippen LogP contribution in [0.25, 0.3) is 0 Å². The van der Waals surface area contributed by atoms with Crippen molar-refractivity contribution in [1.29, 1.82) is 0 Å². The smallest absolute Gasteiger partial charge is 0.237 e. The van der Waals surface area contributed by atoms with E-state index in [0.29, 0.717) is 32.0 Å². The first kappa shape index (κ1) is 22.3. The van der Waals surface area contributed by atoms with E-state index < -0.39 is 53.1 Å². The van der Waals surface area contributed by atoms with Crippen LogP contribution < -0.4 is 0 Å². The van der Waals surface area contributed by atoms with Gasteiger partial charge in [-0.1, -0.05) is 12.2 Å². The summed E-state index contributed by atoms with van der Waals surface area (Å²) in [6, 6.07) is 0. The summed E-state index contributed by atoms with van der Waals surface area (Å²) >= 11 is 0. The van der Waals surface area contributed by atoms with Crippen LogP contribution in [0.2, 0.25) is 0 Å². The van der Waals surface area contributed by atoms with Gasteiger partial charge in [0.25, 0.3) is 0 Å². The summed E-state index contributed by atoms with van der Waals surface area (Å²) in [6.07, 6.45) is 3.42. The lowest BCUT2D eigenvalue weighted by Gasteiger charge is -2.64. The number of fused-ring (bicyclic) bond motifs is 1. The Morgan fingerprint density at radius 1 is 0.844 bits per heavy atom. The maximum Gasteiger partial charge on any atom is 0.237 e. The molecule has 32 heavy (non-hydrogen) atoms. The van der Waals surface area contributed by atoms with Gasteiger partial charge in [0.15, 0.2) is 18.4 Å². The Morgan fingerprint density at radius 2 is 1.41 bits per heavy atom. The van der Waals surface area contributed by atoms with Crippen molar-refractivity contribution < 1.29 is 47.5 Å². The highest BCUT2D eigenvalue weighted by atomic mass is 16.7. The lowest BCUT2D eigenvalue weighted by atomic mass is 9.44. The molecule has 6 aliphatic rings. The molecule has 0 spiro atoms. The fourth-order valence-corrected chi connectivity index (χ4v) is 6.34. The summed E-state index contributed by atoms with van der Waals surface area (Å²) in [5, 5.41) is 0. The van der Waals surface area contributed by atoms with Gasteiger partial charge in [0.1, 0.15) is 0 Å². The Bertz CT molecular complexity index is 845. The fourth-order valence-electron chi connectivity index (χ4n) is 6.34.